The van der Waals surface area contributed by atoms with Gasteiger partial charge in [0, 0.05) is 39.3 Å². The Kier molecular flexibility index (Phi) is 5.29. The van der Waals surface area contributed by atoms with E-state index in [9.17, 15) is 0 Å². The Bertz CT molecular complexity index is 218. The molecular formula is C12H24N2O. The smallest absolute Gasteiger partial charge is 0.0589 e. The molecule has 0 aromatic heterocycles. The zero-order valence-electron chi connectivity index (χ0n) is 10.5. The summed E-state index contributed by atoms with van der Waals surface area (Å²) in [6, 6.07) is 0.587. The summed E-state index contributed by atoms with van der Waals surface area (Å²) in [6.07, 6.45) is 0. The Morgan fingerprint density at radius 1 is 1.47 bits per heavy atom. The molecule has 1 saturated heterocycles. The highest BCUT2D eigenvalue weighted by atomic mass is 16.5. The maximum absolute atomic E-state index is 5.13. The number of nitrogens with one attached hydrogen (secondary N) is 1. The molecular weight excluding hydrogens is 188 g/mol. The van der Waals surface area contributed by atoms with Crippen LogP contribution in [0.3, 0.4) is 0 Å². The summed E-state index contributed by atoms with van der Waals surface area (Å²) < 4.78 is 5.13. The predicted octanol–water partition coefficient (Wildman–Crippen LogP) is 1.26. The van der Waals surface area contributed by atoms with Gasteiger partial charge in [0.25, 0.3) is 0 Å². The summed E-state index contributed by atoms with van der Waals surface area (Å²) in [6.45, 7) is 11.8. The minimum Gasteiger partial charge on any atom is -0.383 e. The monoisotopic (exact) mass is 212 g/mol. The standard InChI is InChI=1S/C12H24N2O/c1-10(2)14(5-6-15-4)9-11(3)12-7-13-8-12/h10,13H,5-9H2,1-4H3. The molecule has 0 aromatic rings. The fourth-order valence-electron chi connectivity index (χ4n) is 1.70. The lowest BCUT2D eigenvalue weighted by Crippen LogP contribution is -2.39. The van der Waals surface area contributed by atoms with Crippen molar-refractivity contribution in [3.05, 3.63) is 11.1 Å². The van der Waals surface area contributed by atoms with E-state index in [1.54, 1.807) is 12.7 Å². The van der Waals surface area contributed by atoms with Gasteiger partial charge in [0.1, 0.15) is 0 Å². The molecule has 3 heteroatoms. The minimum absolute atomic E-state index is 0.587. The van der Waals surface area contributed by atoms with Crippen LogP contribution < -0.4 is 5.32 Å². The summed E-state index contributed by atoms with van der Waals surface area (Å²) in [4.78, 5) is 2.46. The van der Waals surface area contributed by atoms with Gasteiger partial charge in [-0.05, 0) is 26.3 Å². The van der Waals surface area contributed by atoms with Crippen LogP contribution in [0.15, 0.2) is 11.1 Å². The average Bonchev–Trinajstić information content (AvgIpc) is 2.08. The lowest BCUT2D eigenvalue weighted by atomic mass is 10.0. The van der Waals surface area contributed by atoms with Gasteiger partial charge >= 0.3 is 0 Å². The summed E-state index contributed by atoms with van der Waals surface area (Å²) in [7, 11) is 1.76. The van der Waals surface area contributed by atoms with Gasteiger partial charge < -0.3 is 10.1 Å². The predicted molar refractivity (Wildman–Crippen MR) is 64.2 cm³/mol. The largest absolute Gasteiger partial charge is 0.383 e. The van der Waals surface area contributed by atoms with E-state index in [-0.39, 0.29) is 0 Å². The fourth-order valence-corrected chi connectivity index (χ4v) is 1.70. The molecule has 1 aliphatic rings. The first-order valence-electron chi connectivity index (χ1n) is 5.76. The van der Waals surface area contributed by atoms with E-state index in [2.05, 4.69) is 31.0 Å². The van der Waals surface area contributed by atoms with Crippen molar-refractivity contribution in [2.24, 2.45) is 0 Å². The zero-order chi connectivity index (χ0) is 11.3. The summed E-state index contributed by atoms with van der Waals surface area (Å²) in [5.41, 5.74) is 3.11. The number of hydrogen-bond donors (Lipinski definition) is 1. The van der Waals surface area contributed by atoms with Crippen LogP contribution in [0.25, 0.3) is 0 Å². The second-order valence-electron chi connectivity index (χ2n) is 4.54. The second-order valence-corrected chi connectivity index (χ2v) is 4.54. The van der Waals surface area contributed by atoms with Crippen LogP contribution in [0.5, 0.6) is 0 Å². The first-order valence-corrected chi connectivity index (χ1v) is 5.76. The van der Waals surface area contributed by atoms with Crippen LogP contribution in [-0.4, -0.2) is 50.8 Å². The average molecular weight is 212 g/mol. The molecule has 0 unspecified atom stereocenters. The van der Waals surface area contributed by atoms with Crippen molar-refractivity contribution in [1.29, 1.82) is 0 Å². The number of nitrogens with zero attached hydrogens (tertiary/aromatic N) is 1. The lowest BCUT2D eigenvalue weighted by Gasteiger charge is -2.29. The van der Waals surface area contributed by atoms with E-state index in [4.69, 9.17) is 4.74 Å². The van der Waals surface area contributed by atoms with Gasteiger partial charge in [-0.25, -0.2) is 0 Å². The van der Waals surface area contributed by atoms with E-state index in [1.807, 2.05) is 0 Å². The van der Waals surface area contributed by atoms with Crippen molar-refractivity contribution in [1.82, 2.24) is 10.2 Å². The van der Waals surface area contributed by atoms with Crippen LogP contribution in [0.1, 0.15) is 20.8 Å². The van der Waals surface area contributed by atoms with Crippen molar-refractivity contribution < 1.29 is 4.74 Å². The highest BCUT2D eigenvalue weighted by molar-refractivity contribution is 5.22. The van der Waals surface area contributed by atoms with Crippen molar-refractivity contribution in [2.75, 3.05) is 39.9 Å². The minimum atomic E-state index is 0.587. The van der Waals surface area contributed by atoms with Gasteiger partial charge in [0.15, 0.2) is 0 Å². The van der Waals surface area contributed by atoms with Gasteiger partial charge in [-0.3, -0.25) is 4.90 Å². The molecule has 0 spiro atoms. The highest BCUT2D eigenvalue weighted by Gasteiger charge is 2.15. The molecule has 0 radical (unpaired) electrons. The molecule has 0 aromatic carbocycles. The quantitative estimate of drug-likeness (QED) is 0.671. The molecule has 1 N–H and O–H groups in total. The third-order valence-corrected chi connectivity index (χ3v) is 3.03. The third kappa shape index (κ3) is 3.93. The molecule has 15 heavy (non-hydrogen) atoms. The Balaban J connectivity index is 2.42. The van der Waals surface area contributed by atoms with Crippen molar-refractivity contribution in [2.45, 2.75) is 26.8 Å². The fraction of sp³-hybridized carbons (Fsp3) is 0.833. The van der Waals surface area contributed by atoms with Gasteiger partial charge in [0.2, 0.25) is 0 Å². The van der Waals surface area contributed by atoms with Crippen LogP contribution >= 0.6 is 0 Å². The van der Waals surface area contributed by atoms with Crippen molar-refractivity contribution in [3.8, 4) is 0 Å². The van der Waals surface area contributed by atoms with Crippen LogP contribution in [0.2, 0.25) is 0 Å². The first kappa shape index (κ1) is 12.7. The summed E-state index contributed by atoms with van der Waals surface area (Å²) in [5.74, 6) is 0. The third-order valence-electron chi connectivity index (χ3n) is 3.03. The normalized spacial score (nSPS) is 16.0. The SMILES string of the molecule is COCCN(CC(C)=C1CNC1)C(C)C. The molecule has 1 aliphatic heterocycles. The molecule has 0 saturated carbocycles. The number of ether oxygens (including phenoxy) is 1. The van der Waals surface area contributed by atoms with E-state index < -0.39 is 0 Å². The van der Waals surface area contributed by atoms with Gasteiger partial charge in [-0.2, -0.15) is 0 Å². The summed E-state index contributed by atoms with van der Waals surface area (Å²) >= 11 is 0. The van der Waals surface area contributed by atoms with Gasteiger partial charge in [0.05, 0.1) is 6.61 Å². The first-order chi connectivity index (χ1) is 7.15. The van der Waals surface area contributed by atoms with Gasteiger partial charge in [-0.15, -0.1) is 0 Å². The van der Waals surface area contributed by atoms with Crippen LogP contribution in [0.4, 0.5) is 0 Å². The Labute approximate surface area is 93.5 Å². The number of rotatable bonds is 6. The molecule has 0 amide bonds. The topological polar surface area (TPSA) is 24.5 Å². The highest BCUT2D eigenvalue weighted by Crippen LogP contribution is 2.11. The molecule has 1 fully saturated rings. The summed E-state index contributed by atoms with van der Waals surface area (Å²) in [5, 5.41) is 3.29. The second kappa shape index (κ2) is 6.26. The zero-order valence-corrected chi connectivity index (χ0v) is 10.5. The van der Waals surface area contributed by atoms with Crippen molar-refractivity contribution >= 4 is 0 Å². The molecule has 0 aliphatic carbocycles. The molecule has 0 bridgehead atoms. The number of hydrogen-bond acceptors (Lipinski definition) is 3. The lowest BCUT2D eigenvalue weighted by molar-refractivity contribution is 0.136. The molecule has 0 atom stereocenters. The maximum Gasteiger partial charge on any atom is 0.0589 e. The Hall–Kier alpha value is -0.380. The van der Waals surface area contributed by atoms with Gasteiger partial charge in [-0.1, -0.05) is 5.57 Å². The van der Waals surface area contributed by atoms with E-state index >= 15 is 0 Å². The number of methoxy groups -OCH3 is 1. The van der Waals surface area contributed by atoms with E-state index in [1.165, 1.54) is 5.57 Å². The van der Waals surface area contributed by atoms with E-state index in [0.717, 1.165) is 32.8 Å². The maximum atomic E-state index is 5.13. The van der Waals surface area contributed by atoms with Crippen LogP contribution in [0, 0.1) is 0 Å². The molecule has 3 nitrogen and oxygen atoms in total. The van der Waals surface area contributed by atoms with E-state index in [0.29, 0.717) is 6.04 Å². The van der Waals surface area contributed by atoms with Crippen LogP contribution in [-0.2, 0) is 4.74 Å². The Morgan fingerprint density at radius 3 is 2.53 bits per heavy atom. The van der Waals surface area contributed by atoms with Crippen molar-refractivity contribution in [3.63, 3.8) is 0 Å². The molecule has 1 heterocycles. The Morgan fingerprint density at radius 2 is 2.13 bits per heavy atom. The molecule has 1 rings (SSSR count). The molecule has 88 valence electrons.